The summed E-state index contributed by atoms with van der Waals surface area (Å²) in [5.74, 6) is -0.837. The lowest BCUT2D eigenvalue weighted by Gasteiger charge is -2.14. The summed E-state index contributed by atoms with van der Waals surface area (Å²) < 4.78 is 0. The molecule has 1 aliphatic rings. The number of nitrogens with zero attached hydrogens (tertiary/aromatic N) is 2. The lowest BCUT2D eigenvalue weighted by atomic mass is 9.91. The molecule has 1 aromatic carbocycles. The van der Waals surface area contributed by atoms with Crippen molar-refractivity contribution in [2.75, 3.05) is 0 Å². The van der Waals surface area contributed by atoms with Crippen LogP contribution in [-0.4, -0.2) is 16.0 Å². The molecule has 0 unspecified atom stereocenters. The molecule has 0 aliphatic heterocycles. The largest absolute Gasteiger partial charge is 0.507 e. The summed E-state index contributed by atoms with van der Waals surface area (Å²) in [5.41, 5.74) is 8.56. The van der Waals surface area contributed by atoms with Gasteiger partial charge in [0.1, 0.15) is 16.8 Å². The van der Waals surface area contributed by atoms with Crippen LogP contribution in [-0.2, 0) is 0 Å². The molecule has 1 aromatic heterocycles. The van der Waals surface area contributed by atoms with E-state index in [1.165, 1.54) is 35.5 Å². The summed E-state index contributed by atoms with van der Waals surface area (Å²) in [6, 6.07) is 6.94. The molecule has 1 aliphatic carbocycles. The van der Waals surface area contributed by atoms with Gasteiger partial charge in [0.05, 0.1) is 16.8 Å². The van der Waals surface area contributed by atoms with E-state index < -0.39 is 5.91 Å². The molecule has 1 amide bonds. The number of nitriles is 1. The molecule has 0 atom stereocenters. The number of allylic oxidation sites excluding steroid dienone is 2. The van der Waals surface area contributed by atoms with Crippen LogP contribution in [0.5, 0.6) is 5.75 Å². The van der Waals surface area contributed by atoms with Crippen molar-refractivity contribution >= 4 is 22.8 Å². The third kappa shape index (κ3) is 3.17. The number of carbonyl (C=O) groups excluding carboxylic acids is 1. The zero-order valence-corrected chi connectivity index (χ0v) is 13.9. The number of phenols is 1. The highest BCUT2D eigenvalue weighted by molar-refractivity contribution is 7.11. The fraction of sp³-hybridized carbons (Fsp3) is 0.278. The lowest BCUT2D eigenvalue weighted by Crippen LogP contribution is -2.11. The Labute approximate surface area is 144 Å². The van der Waals surface area contributed by atoms with Gasteiger partial charge in [0.15, 0.2) is 0 Å². The number of aromatic nitrogens is 1. The maximum atomic E-state index is 11.4. The van der Waals surface area contributed by atoms with Gasteiger partial charge < -0.3 is 10.8 Å². The second kappa shape index (κ2) is 6.85. The molecule has 1 fully saturated rings. The predicted molar refractivity (Wildman–Crippen MR) is 93.4 cm³/mol. The van der Waals surface area contributed by atoms with Crippen LogP contribution in [0.1, 0.15) is 47.5 Å². The number of hydrogen-bond acceptors (Lipinski definition) is 5. The third-order valence-corrected chi connectivity index (χ3v) is 5.06. The highest BCUT2D eigenvalue weighted by atomic mass is 32.1. The van der Waals surface area contributed by atoms with Crippen molar-refractivity contribution in [1.82, 2.24) is 4.98 Å². The third-order valence-electron chi connectivity index (χ3n) is 4.20. The SMILES string of the molecule is N#CC(=C1CCCCC1)c1nc(-c2ccc(O)c(C(N)=O)c2)cs1. The van der Waals surface area contributed by atoms with Crippen LogP contribution in [0.15, 0.2) is 29.2 Å². The molecule has 24 heavy (non-hydrogen) atoms. The molecule has 5 nitrogen and oxygen atoms in total. The molecule has 6 heteroatoms. The first-order valence-electron chi connectivity index (χ1n) is 7.81. The van der Waals surface area contributed by atoms with Crippen molar-refractivity contribution in [3.05, 3.63) is 39.7 Å². The topological polar surface area (TPSA) is 100 Å². The maximum absolute atomic E-state index is 11.4. The fourth-order valence-electron chi connectivity index (χ4n) is 2.92. The van der Waals surface area contributed by atoms with Crippen LogP contribution < -0.4 is 5.73 Å². The van der Waals surface area contributed by atoms with E-state index in [1.807, 2.05) is 5.38 Å². The van der Waals surface area contributed by atoms with Gasteiger partial charge >= 0.3 is 0 Å². The number of hydrogen-bond donors (Lipinski definition) is 2. The maximum Gasteiger partial charge on any atom is 0.252 e. The van der Waals surface area contributed by atoms with Crippen LogP contribution in [0, 0.1) is 11.3 Å². The van der Waals surface area contributed by atoms with E-state index in [9.17, 15) is 15.2 Å². The van der Waals surface area contributed by atoms with Crippen LogP contribution in [0.2, 0.25) is 0 Å². The number of primary amides is 1. The van der Waals surface area contributed by atoms with Gasteiger partial charge in [0, 0.05) is 10.9 Å². The smallest absolute Gasteiger partial charge is 0.252 e. The zero-order chi connectivity index (χ0) is 17.1. The van der Waals surface area contributed by atoms with E-state index in [2.05, 4.69) is 11.1 Å². The van der Waals surface area contributed by atoms with Gasteiger partial charge in [-0.15, -0.1) is 11.3 Å². The summed E-state index contributed by atoms with van der Waals surface area (Å²) in [6.45, 7) is 0. The Balaban J connectivity index is 1.98. The lowest BCUT2D eigenvalue weighted by molar-refractivity contribution is 0.0998. The molecular weight excluding hydrogens is 322 g/mol. The second-order valence-electron chi connectivity index (χ2n) is 5.79. The van der Waals surface area contributed by atoms with E-state index in [1.54, 1.807) is 6.07 Å². The number of thiazole rings is 1. The van der Waals surface area contributed by atoms with E-state index in [0.717, 1.165) is 25.7 Å². The first-order chi connectivity index (χ1) is 11.6. The highest BCUT2D eigenvalue weighted by Crippen LogP contribution is 2.34. The second-order valence-corrected chi connectivity index (χ2v) is 6.64. The van der Waals surface area contributed by atoms with E-state index in [0.29, 0.717) is 21.8 Å². The summed E-state index contributed by atoms with van der Waals surface area (Å²) >= 11 is 1.42. The highest BCUT2D eigenvalue weighted by Gasteiger charge is 2.17. The Hall–Kier alpha value is -2.65. The summed E-state index contributed by atoms with van der Waals surface area (Å²) in [4.78, 5) is 15.9. The van der Waals surface area contributed by atoms with Crippen LogP contribution in [0.3, 0.4) is 0 Å². The molecule has 0 saturated heterocycles. The molecular formula is C18H17N3O2S. The minimum absolute atomic E-state index is 0.0631. The molecule has 122 valence electrons. The minimum atomic E-state index is -0.688. The summed E-state index contributed by atoms with van der Waals surface area (Å²) in [7, 11) is 0. The van der Waals surface area contributed by atoms with E-state index in [-0.39, 0.29) is 11.3 Å². The first-order valence-corrected chi connectivity index (χ1v) is 8.69. The van der Waals surface area contributed by atoms with Gasteiger partial charge in [-0.25, -0.2) is 4.98 Å². The summed E-state index contributed by atoms with van der Waals surface area (Å²) in [6.07, 6.45) is 5.39. The molecule has 0 bridgehead atoms. The Kier molecular flexibility index (Phi) is 4.63. The number of carbonyl (C=O) groups is 1. The molecule has 3 N–H and O–H groups in total. The monoisotopic (exact) mass is 339 g/mol. The molecule has 1 heterocycles. The molecule has 1 saturated carbocycles. The van der Waals surface area contributed by atoms with Crippen molar-refractivity contribution in [2.45, 2.75) is 32.1 Å². The zero-order valence-electron chi connectivity index (χ0n) is 13.1. The van der Waals surface area contributed by atoms with Gasteiger partial charge in [0.25, 0.3) is 5.91 Å². The Morgan fingerprint density at radius 2 is 2.04 bits per heavy atom. The van der Waals surface area contributed by atoms with E-state index in [4.69, 9.17) is 5.73 Å². The molecule has 0 spiro atoms. The van der Waals surface area contributed by atoms with Crippen LogP contribution >= 0.6 is 11.3 Å². The van der Waals surface area contributed by atoms with Gasteiger partial charge in [-0.2, -0.15) is 5.26 Å². The van der Waals surface area contributed by atoms with Crippen molar-refractivity contribution in [3.8, 4) is 23.1 Å². The Morgan fingerprint density at radius 3 is 2.71 bits per heavy atom. The van der Waals surface area contributed by atoms with Crippen LogP contribution in [0.4, 0.5) is 0 Å². The Bertz CT molecular complexity index is 853. The van der Waals surface area contributed by atoms with Crippen molar-refractivity contribution in [1.29, 1.82) is 5.26 Å². The number of benzene rings is 1. The van der Waals surface area contributed by atoms with Crippen molar-refractivity contribution < 1.29 is 9.90 Å². The van der Waals surface area contributed by atoms with Crippen molar-refractivity contribution in [3.63, 3.8) is 0 Å². The van der Waals surface area contributed by atoms with Gasteiger partial charge in [0.2, 0.25) is 0 Å². The van der Waals surface area contributed by atoms with Gasteiger partial charge in [-0.1, -0.05) is 6.42 Å². The van der Waals surface area contributed by atoms with E-state index >= 15 is 0 Å². The fourth-order valence-corrected chi connectivity index (χ4v) is 3.79. The van der Waals surface area contributed by atoms with Crippen LogP contribution in [0.25, 0.3) is 16.8 Å². The number of aromatic hydroxyl groups is 1. The minimum Gasteiger partial charge on any atom is -0.507 e. The molecule has 0 radical (unpaired) electrons. The number of rotatable bonds is 3. The van der Waals surface area contributed by atoms with Crippen molar-refractivity contribution in [2.24, 2.45) is 5.73 Å². The normalized spacial score (nSPS) is 14.2. The number of nitrogens with two attached hydrogens (primary N) is 1. The van der Waals surface area contributed by atoms with Gasteiger partial charge in [-0.3, -0.25) is 4.79 Å². The predicted octanol–water partition coefficient (Wildman–Crippen LogP) is 3.86. The number of amides is 1. The average Bonchev–Trinajstić information content (AvgIpc) is 3.06. The molecule has 2 aromatic rings. The average molecular weight is 339 g/mol. The Morgan fingerprint density at radius 1 is 1.29 bits per heavy atom. The quantitative estimate of drug-likeness (QED) is 0.829. The first kappa shape index (κ1) is 16.2. The molecule has 3 rings (SSSR count). The van der Waals surface area contributed by atoms with Gasteiger partial charge in [-0.05, 0) is 49.5 Å². The summed E-state index contributed by atoms with van der Waals surface area (Å²) in [5, 5.41) is 21.8. The standard InChI is InChI=1S/C18H17N3O2S/c19-9-14(11-4-2-1-3-5-11)18-21-15(10-24-18)12-6-7-16(22)13(8-12)17(20)23/h6-8,10,22H,1-5H2,(H2,20,23).